The summed E-state index contributed by atoms with van der Waals surface area (Å²) in [4.78, 5) is 12.2. The van der Waals surface area contributed by atoms with Crippen LogP contribution in [0.25, 0.3) is 10.8 Å². The third-order valence-corrected chi connectivity index (χ3v) is 6.73. The number of pyridine rings is 1. The van der Waals surface area contributed by atoms with E-state index >= 15 is 0 Å². The highest BCUT2D eigenvalue weighted by Crippen LogP contribution is 2.51. The Labute approximate surface area is 174 Å². The summed E-state index contributed by atoms with van der Waals surface area (Å²) in [5.74, 6) is 1.71. The smallest absolute Gasteiger partial charge is 0.160 e. The van der Waals surface area contributed by atoms with Gasteiger partial charge in [-0.3, -0.25) is 9.98 Å². The standard InChI is InChI=1S/C23H23N3O2S/c1-14-13-26-22(21(25-23(26)29-14)18-6-4-5-11-24-18)20-17-12-16(27-2)9-7-15(17)8-10-19(20)28-3/h4-12,14,21-22H,13H2,1-3H3. The van der Waals surface area contributed by atoms with Gasteiger partial charge in [-0.25, -0.2) is 0 Å². The van der Waals surface area contributed by atoms with Gasteiger partial charge in [0.15, 0.2) is 5.17 Å². The molecule has 3 atom stereocenters. The number of fused-ring (bicyclic) bond motifs is 2. The van der Waals surface area contributed by atoms with Gasteiger partial charge in [-0.2, -0.15) is 0 Å². The van der Waals surface area contributed by atoms with E-state index in [1.54, 1.807) is 14.2 Å². The maximum Gasteiger partial charge on any atom is 0.160 e. The number of nitrogens with zero attached hydrogens (tertiary/aromatic N) is 3. The molecular weight excluding hydrogens is 382 g/mol. The van der Waals surface area contributed by atoms with Gasteiger partial charge in [0.25, 0.3) is 0 Å². The van der Waals surface area contributed by atoms with Gasteiger partial charge in [-0.1, -0.05) is 36.9 Å². The molecule has 0 radical (unpaired) electrons. The van der Waals surface area contributed by atoms with Gasteiger partial charge in [0.1, 0.15) is 17.5 Å². The number of hydrogen-bond acceptors (Lipinski definition) is 6. The van der Waals surface area contributed by atoms with Crippen molar-refractivity contribution < 1.29 is 9.47 Å². The van der Waals surface area contributed by atoms with Crippen molar-refractivity contribution in [3.63, 3.8) is 0 Å². The molecule has 1 aromatic heterocycles. The van der Waals surface area contributed by atoms with Crippen molar-refractivity contribution >= 4 is 27.7 Å². The average Bonchev–Trinajstić information content (AvgIpc) is 3.29. The van der Waals surface area contributed by atoms with E-state index in [1.165, 1.54) is 0 Å². The van der Waals surface area contributed by atoms with Crippen LogP contribution in [0.2, 0.25) is 0 Å². The van der Waals surface area contributed by atoms with Crippen molar-refractivity contribution in [2.24, 2.45) is 4.99 Å². The van der Waals surface area contributed by atoms with Gasteiger partial charge < -0.3 is 14.4 Å². The van der Waals surface area contributed by atoms with E-state index in [-0.39, 0.29) is 12.1 Å². The summed E-state index contributed by atoms with van der Waals surface area (Å²) in [5.41, 5.74) is 2.13. The largest absolute Gasteiger partial charge is 0.497 e. The lowest BCUT2D eigenvalue weighted by Gasteiger charge is -2.29. The fraction of sp³-hybridized carbons (Fsp3) is 0.304. The van der Waals surface area contributed by atoms with Crippen LogP contribution in [-0.4, -0.2) is 41.1 Å². The Morgan fingerprint density at radius 2 is 1.93 bits per heavy atom. The third kappa shape index (κ3) is 3.02. The van der Waals surface area contributed by atoms with Crippen LogP contribution in [0.15, 0.2) is 59.7 Å². The highest BCUT2D eigenvalue weighted by atomic mass is 32.2. The number of benzene rings is 2. The van der Waals surface area contributed by atoms with Gasteiger partial charge in [-0.15, -0.1) is 0 Å². The Bertz CT molecular complexity index is 1080. The minimum Gasteiger partial charge on any atom is -0.497 e. The molecule has 2 aromatic carbocycles. The van der Waals surface area contributed by atoms with Crippen LogP contribution < -0.4 is 9.47 Å². The molecule has 0 saturated carbocycles. The van der Waals surface area contributed by atoms with Crippen LogP contribution >= 0.6 is 11.8 Å². The summed E-state index contributed by atoms with van der Waals surface area (Å²) in [7, 11) is 3.44. The molecule has 2 aliphatic rings. The molecule has 0 amide bonds. The summed E-state index contributed by atoms with van der Waals surface area (Å²) < 4.78 is 11.4. The first-order valence-electron chi connectivity index (χ1n) is 9.76. The summed E-state index contributed by atoms with van der Waals surface area (Å²) in [6, 6.07) is 16.4. The molecular formula is C23H23N3O2S. The van der Waals surface area contributed by atoms with Crippen LogP contribution in [-0.2, 0) is 0 Å². The first-order valence-corrected chi connectivity index (χ1v) is 10.6. The lowest BCUT2D eigenvalue weighted by molar-refractivity contribution is 0.310. The zero-order valence-corrected chi connectivity index (χ0v) is 17.5. The zero-order valence-electron chi connectivity index (χ0n) is 16.7. The fourth-order valence-corrected chi connectivity index (χ4v) is 5.43. The Hall–Kier alpha value is -2.73. The van der Waals surface area contributed by atoms with Crippen LogP contribution in [0.5, 0.6) is 11.5 Å². The van der Waals surface area contributed by atoms with Crippen LogP contribution in [0.4, 0.5) is 0 Å². The van der Waals surface area contributed by atoms with Crippen LogP contribution in [0.1, 0.15) is 30.3 Å². The number of thioether (sulfide) groups is 1. The van der Waals surface area contributed by atoms with Crippen molar-refractivity contribution in [2.45, 2.75) is 24.3 Å². The number of aromatic nitrogens is 1. The highest BCUT2D eigenvalue weighted by Gasteiger charge is 2.45. The van der Waals surface area contributed by atoms with Gasteiger partial charge >= 0.3 is 0 Å². The third-order valence-electron chi connectivity index (χ3n) is 5.63. The normalized spacial score (nSPS) is 23.2. The topological polar surface area (TPSA) is 47.0 Å². The van der Waals surface area contributed by atoms with E-state index < -0.39 is 0 Å². The number of rotatable bonds is 4. The van der Waals surface area contributed by atoms with E-state index in [0.717, 1.165) is 45.2 Å². The Morgan fingerprint density at radius 3 is 2.69 bits per heavy atom. The number of methoxy groups -OCH3 is 2. The summed E-state index contributed by atoms with van der Waals surface area (Å²) in [6.45, 7) is 3.21. The highest BCUT2D eigenvalue weighted by molar-refractivity contribution is 8.14. The molecule has 1 saturated heterocycles. The van der Waals surface area contributed by atoms with Crippen molar-refractivity contribution in [3.05, 3.63) is 66.0 Å². The second-order valence-corrected chi connectivity index (χ2v) is 8.81. The van der Waals surface area contributed by atoms with E-state index in [4.69, 9.17) is 14.5 Å². The zero-order chi connectivity index (χ0) is 20.0. The van der Waals surface area contributed by atoms with Crippen molar-refractivity contribution in [3.8, 4) is 11.5 Å². The minimum absolute atomic E-state index is 0.0307. The monoisotopic (exact) mass is 405 g/mol. The summed E-state index contributed by atoms with van der Waals surface area (Å²) in [6.07, 6.45) is 1.84. The van der Waals surface area contributed by atoms with E-state index in [1.807, 2.05) is 36.2 Å². The second-order valence-electron chi connectivity index (χ2n) is 7.41. The van der Waals surface area contributed by atoms with Gasteiger partial charge in [-0.05, 0) is 41.1 Å². The average molecular weight is 406 g/mol. The molecule has 3 heterocycles. The molecule has 5 rings (SSSR count). The van der Waals surface area contributed by atoms with Crippen molar-refractivity contribution in [1.29, 1.82) is 0 Å². The Balaban J connectivity index is 1.74. The quantitative estimate of drug-likeness (QED) is 0.621. The number of aliphatic imine (C=N–C) groups is 1. The van der Waals surface area contributed by atoms with E-state index in [0.29, 0.717) is 5.25 Å². The molecule has 6 heteroatoms. The SMILES string of the molecule is COc1ccc2ccc(OC)c(C3C(c4ccccn4)N=C4SC(C)CN43)c2c1. The van der Waals surface area contributed by atoms with Crippen molar-refractivity contribution in [2.75, 3.05) is 20.8 Å². The molecule has 0 spiro atoms. The molecule has 3 aromatic rings. The second kappa shape index (κ2) is 7.26. The number of ether oxygens (including phenoxy) is 2. The fourth-order valence-electron chi connectivity index (χ4n) is 4.34. The van der Waals surface area contributed by atoms with E-state index in [2.05, 4.69) is 47.1 Å². The summed E-state index contributed by atoms with van der Waals surface area (Å²) in [5, 5.41) is 3.90. The van der Waals surface area contributed by atoms with E-state index in [9.17, 15) is 0 Å². The van der Waals surface area contributed by atoms with Gasteiger partial charge in [0.2, 0.25) is 0 Å². The molecule has 0 N–H and O–H groups in total. The van der Waals surface area contributed by atoms with Crippen LogP contribution in [0, 0.1) is 0 Å². The molecule has 0 aliphatic carbocycles. The Morgan fingerprint density at radius 1 is 1.07 bits per heavy atom. The number of amidine groups is 1. The Kier molecular flexibility index (Phi) is 4.59. The molecule has 2 aliphatic heterocycles. The molecule has 0 bridgehead atoms. The van der Waals surface area contributed by atoms with Crippen LogP contribution in [0.3, 0.4) is 0 Å². The predicted molar refractivity (Wildman–Crippen MR) is 118 cm³/mol. The molecule has 1 fully saturated rings. The lowest BCUT2D eigenvalue weighted by atomic mass is 9.91. The maximum atomic E-state index is 5.85. The lowest BCUT2D eigenvalue weighted by Crippen LogP contribution is -2.29. The summed E-state index contributed by atoms with van der Waals surface area (Å²) >= 11 is 1.84. The molecule has 5 nitrogen and oxygen atoms in total. The molecule has 148 valence electrons. The maximum absolute atomic E-state index is 5.85. The first kappa shape index (κ1) is 18.3. The predicted octanol–water partition coefficient (Wildman–Crippen LogP) is 4.84. The minimum atomic E-state index is -0.0723. The molecule has 3 unspecified atom stereocenters. The molecule has 29 heavy (non-hydrogen) atoms. The number of hydrogen-bond donors (Lipinski definition) is 0. The first-order chi connectivity index (χ1) is 14.2. The van der Waals surface area contributed by atoms with Crippen molar-refractivity contribution in [1.82, 2.24) is 9.88 Å². The van der Waals surface area contributed by atoms with Gasteiger partial charge in [0.05, 0.1) is 26.0 Å². The van der Waals surface area contributed by atoms with Gasteiger partial charge in [0, 0.05) is 23.6 Å².